The van der Waals surface area contributed by atoms with Crippen molar-refractivity contribution in [2.75, 3.05) is 13.2 Å². The maximum atomic E-state index is 12.7. The first-order valence-corrected chi connectivity index (χ1v) is 6.81. The minimum Gasteiger partial charge on any atom is -0.484 e. The van der Waals surface area contributed by atoms with Crippen molar-refractivity contribution in [2.45, 2.75) is 6.42 Å². The Morgan fingerprint density at radius 2 is 1.82 bits per heavy atom. The summed E-state index contributed by atoms with van der Waals surface area (Å²) < 4.78 is 18.1. The standard InChI is InChI=1S/C17H15FN2O2/c18-15-5-1-13(2-6-15)9-10-20-17(21)12-22-16-7-3-14(11-19)4-8-16/h1-8H,9-10,12H2,(H,20,21). The van der Waals surface area contributed by atoms with Crippen LogP contribution >= 0.6 is 0 Å². The molecule has 2 aromatic rings. The molecular weight excluding hydrogens is 283 g/mol. The Bertz CT molecular complexity index is 661. The van der Waals surface area contributed by atoms with Gasteiger partial charge in [0.25, 0.3) is 5.91 Å². The van der Waals surface area contributed by atoms with Crippen molar-refractivity contribution in [3.05, 3.63) is 65.5 Å². The summed E-state index contributed by atoms with van der Waals surface area (Å²) in [6, 6.07) is 14.7. The number of hydrogen-bond donors (Lipinski definition) is 1. The Hall–Kier alpha value is -2.87. The number of nitrogens with one attached hydrogen (secondary N) is 1. The highest BCUT2D eigenvalue weighted by molar-refractivity contribution is 5.77. The van der Waals surface area contributed by atoms with Crippen LogP contribution in [0.25, 0.3) is 0 Å². The van der Waals surface area contributed by atoms with Gasteiger partial charge >= 0.3 is 0 Å². The van der Waals surface area contributed by atoms with Gasteiger partial charge in [0, 0.05) is 6.54 Å². The number of amides is 1. The van der Waals surface area contributed by atoms with E-state index in [0.29, 0.717) is 24.3 Å². The Balaban J connectivity index is 1.69. The van der Waals surface area contributed by atoms with Crippen LogP contribution in [0, 0.1) is 17.1 Å². The molecule has 0 saturated heterocycles. The average molecular weight is 298 g/mol. The largest absolute Gasteiger partial charge is 0.484 e. The lowest BCUT2D eigenvalue weighted by Crippen LogP contribution is -2.30. The van der Waals surface area contributed by atoms with Crippen molar-refractivity contribution in [3.8, 4) is 11.8 Å². The van der Waals surface area contributed by atoms with Gasteiger partial charge in [0.15, 0.2) is 6.61 Å². The molecule has 0 atom stereocenters. The number of carbonyl (C=O) groups is 1. The Morgan fingerprint density at radius 3 is 2.45 bits per heavy atom. The minimum atomic E-state index is -0.274. The molecule has 4 nitrogen and oxygen atoms in total. The van der Waals surface area contributed by atoms with E-state index in [0.717, 1.165) is 5.56 Å². The maximum Gasteiger partial charge on any atom is 0.257 e. The van der Waals surface area contributed by atoms with Gasteiger partial charge in [-0.15, -0.1) is 0 Å². The molecule has 1 amide bonds. The first-order valence-electron chi connectivity index (χ1n) is 6.81. The molecule has 0 aliphatic rings. The third-order valence-corrected chi connectivity index (χ3v) is 3.00. The van der Waals surface area contributed by atoms with Crippen LogP contribution in [0.2, 0.25) is 0 Å². The predicted molar refractivity (Wildman–Crippen MR) is 79.8 cm³/mol. The third kappa shape index (κ3) is 4.91. The topological polar surface area (TPSA) is 62.1 Å². The van der Waals surface area contributed by atoms with E-state index in [-0.39, 0.29) is 18.3 Å². The first kappa shape index (κ1) is 15.5. The molecule has 0 unspecified atom stereocenters. The molecule has 2 rings (SSSR count). The molecule has 0 saturated carbocycles. The summed E-state index contributed by atoms with van der Waals surface area (Å²) in [7, 11) is 0. The number of carbonyl (C=O) groups excluding carboxylic acids is 1. The van der Waals surface area contributed by atoms with Crippen LogP contribution in [0.15, 0.2) is 48.5 Å². The molecule has 0 fully saturated rings. The quantitative estimate of drug-likeness (QED) is 0.891. The SMILES string of the molecule is N#Cc1ccc(OCC(=O)NCCc2ccc(F)cc2)cc1. The summed E-state index contributed by atoms with van der Waals surface area (Å²) in [5, 5.41) is 11.4. The normalized spacial score (nSPS) is 9.82. The van der Waals surface area contributed by atoms with Crippen LogP contribution < -0.4 is 10.1 Å². The Labute approximate surface area is 128 Å². The van der Waals surface area contributed by atoms with Crippen LogP contribution in [-0.4, -0.2) is 19.1 Å². The van der Waals surface area contributed by atoms with E-state index in [1.54, 1.807) is 36.4 Å². The smallest absolute Gasteiger partial charge is 0.257 e. The molecule has 0 aromatic heterocycles. The Morgan fingerprint density at radius 1 is 1.14 bits per heavy atom. The van der Waals surface area contributed by atoms with Gasteiger partial charge in [-0.3, -0.25) is 4.79 Å². The highest BCUT2D eigenvalue weighted by atomic mass is 19.1. The molecule has 0 heterocycles. The average Bonchev–Trinajstić information content (AvgIpc) is 2.55. The molecule has 0 radical (unpaired) electrons. The van der Waals surface area contributed by atoms with Crippen LogP contribution in [-0.2, 0) is 11.2 Å². The number of benzene rings is 2. The molecule has 0 aliphatic heterocycles. The van der Waals surface area contributed by atoms with E-state index in [4.69, 9.17) is 10.00 Å². The van der Waals surface area contributed by atoms with Crippen LogP contribution in [0.5, 0.6) is 5.75 Å². The second kappa shape index (κ2) is 7.79. The van der Waals surface area contributed by atoms with E-state index in [1.807, 2.05) is 6.07 Å². The van der Waals surface area contributed by atoms with E-state index in [1.165, 1.54) is 12.1 Å². The summed E-state index contributed by atoms with van der Waals surface area (Å²) >= 11 is 0. The van der Waals surface area contributed by atoms with Crippen molar-refractivity contribution in [2.24, 2.45) is 0 Å². The van der Waals surface area contributed by atoms with Gasteiger partial charge in [-0.1, -0.05) is 12.1 Å². The number of rotatable bonds is 6. The molecule has 2 aromatic carbocycles. The number of nitriles is 1. The van der Waals surface area contributed by atoms with Gasteiger partial charge in [-0.2, -0.15) is 5.26 Å². The number of halogens is 1. The summed E-state index contributed by atoms with van der Waals surface area (Å²) in [5.41, 5.74) is 1.49. The second-order valence-electron chi connectivity index (χ2n) is 4.65. The minimum absolute atomic E-state index is 0.0880. The first-order chi connectivity index (χ1) is 10.7. The van der Waals surface area contributed by atoms with Gasteiger partial charge in [0.2, 0.25) is 0 Å². The maximum absolute atomic E-state index is 12.7. The van der Waals surface area contributed by atoms with E-state index in [2.05, 4.69) is 5.32 Å². The molecule has 22 heavy (non-hydrogen) atoms. The molecule has 5 heteroatoms. The van der Waals surface area contributed by atoms with Crippen LogP contribution in [0.3, 0.4) is 0 Å². The molecular formula is C17H15FN2O2. The fourth-order valence-corrected chi connectivity index (χ4v) is 1.82. The van der Waals surface area contributed by atoms with E-state index < -0.39 is 0 Å². The van der Waals surface area contributed by atoms with Crippen molar-refractivity contribution in [1.29, 1.82) is 5.26 Å². The lowest BCUT2D eigenvalue weighted by molar-refractivity contribution is -0.123. The van der Waals surface area contributed by atoms with Crippen molar-refractivity contribution in [1.82, 2.24) is 5.32 Å². The van der Waals surface area contributed by atoms with Crippen LogP contribution in [0.1, 0.15) is 11.1 Å². The summed E-state index contributed by atoms with van der Waals surface area (Å²) in [5.74, 6) is 0.0303. The highest BCUT2D eigenvalue weighted by Crippen LogP contribution is 2.11. The summed E-state index contributed by atoms with van der Waals surface area (Å²) in [4.78, 5) is 11.6. The van der Waals surface area contributed by atoms with Crippen molar-refractivity contribution < 1.29 is 13.9 Å². The Kier molecular flexibility index (Phi) is 5.50. The van der Waals surface area contributed by atoms with E-state index >= 15 is 0 Å². The highest BCUT2D eigenvalue weighted by Gasteiger charge is 2.03. The summed E-state index contributed by atoms with van der Waals surface area (Å²) in [6.45, 7) is 0.372. The van der Waals surface area contributed by atoms with Gasteiger partial charge in [-0.25, -0.2) is 4.39 Å². The predicted octanol–water partition coefficient (Wildman–Crippen LogP) is 2.44. The lowest BCUT2D eigenvalue weighted by atomic mass is 10.1. The van der Waals surface area contributed by atoms with E-state index in [9.17, 15) is 9.18 Å². The van der Waals surface area contributed by atoms with Gasteiger partial charge in [-0.05, 0) is 48.4 Å². The molecule has 0 bridgehead atoms. The second-order valence-corrected chi connectivity index (χ2v) is 4.65. The van der Waals surface area contributed by atoms with Crippen LogP contribution in [0.4, 0.5) is 4.39 Å². The van der Waals surface area contributed by atoms with Gasteiger partial charge in [0.1, 0.15) is 11.6 Å². The fourth-order valence-electron chi connectivity index (χ4n) is 1.82. The monoisotopic (exact) mass is 298 g/mol. The zero-order valence-corrected chi connectivity index (χ0v) is 11.9. The lowest BCUT2D eigenvalue weighted by Gasteiger charge is -2.07. The molecule has 0 spiro atoms. The van der Waals surface area contributed by atoms with Gasteiger partial charge in [0.05, 0.1) is 11.6 Å². The van der Waals surface area contributed by atoms with Crippen molar-refractivity contribution in [3.63, 3.8) is 0 Å². The fraction of sp³-hybridized carbons (Fsp3) is 0.176. The van der Waals surface area contributed by atoms with Crippen molar-refractivity contribution >= 4 is 5.91 Å². The number of ether oxygens (including phenoxy) is 1. The third-order valence-electron chi connectivity index (χ3n) is 3.00. The zero-order valence-electron chi connectivity index (χ0n) is 11.9. The number of hydrogen-bond acceptors (Lipinski definition) is 3. The molecule has 1 N–H and O–H groups in total. The molecule has 0 aliphatic carbocycles. The summed E-state index contributed by atoms with van der Waals surface area (Å²) in [6.07, 6.45) is 0.628. The number of nitrogens with zero attached hydrogens (tertiary/aromatic N) is 1. The van der Waals surface area contributed by atoms with Gasteiger partial charge < -0.3 is 10.1 Å². The zero-order chi connectivity index (χ0) is 15.8. The molecule has 112 valence electrons.